The van der Waals surface area contributed by atoms with Gasteiger partial charge in [-0.05, 0) is 69.0 Å². The maximum Gasteiger partial charge on any atom is 0.411 e. The Labute approximate surface area is 243 Å². The highest BCUT2D eigenvalue weighted by Crippen LogP contribution is 2.60. The Kier molecular flexibility index (Phi) is 9.76. The van der Waals surface area contributed by atoms with E-state index in [-0.39, 0.29) is 34.8 Å². The number of thiophene rings is 1. The summed E-state index contributed by atoms with van der Waals surface area (Å²) in [6.07, 6.45) is 6.71. The van der Waals surface area contributed by atoms with Gasteiger partial charge < -0.3 is 24.6 Å². The van der Waals surface area contributed by atoms with Crippen LogP contribution in [0.2, 0.25) is 5.02 Å². The fraction of sp³-hybridized carbons (Fsp3) is 0.552. The summed E-state index contributed by atoms with van der Waals surface area (Å²) in [6, 6.07) is 6.72. The normalized spacial score (nSPS) is 21.9. The number of amides is 1. The number of carboxylic acids is 1. The molecule has 2 aliphatic carbocycles. The smallest absolute Gasteiger partial charge is 0.411 e. The monoisotopic (exact) mass is 592 g/mol. The Hall–Kier alpha value is -2.66. The molecule has 1 amide bonds. The number of carbonyl (C=O) groups is 3. The number of nitrogens with zero attached hydrogens (tertiary/aromatic N) is 1. The molecule has 2 aliphatic rings. The van der Waals surface area contributed by atoms with E-state index in [0.717, 1.165) is 51.4 Å². The number of anilines is 1. The molecule has 1 aromatic carbocycles. The molecule has 0 bridgehead atoms. The summed E-state index contributed by atoms with van der Waals surface area (Å²) < 4.78 is 10.5. The maximum atomic E-state index is 12.6. The van der Waals surface area contributed by atoms with Crippen LogP contribution in [0.5, 0.6) is 5.75 Å². The third-order valence-electron chi connectivity index (χ3n) is 8.87. The van der Waals surface area contributed by atoms with Crippen molar-refractivity contribution in [1.82, 2.24) is 4.90 Å². The minimum absolute atomic E-state index is 0.122. The van der Waals surface area contributed by atoms with Gasteiger partial charge in [0.15, 0.2) is 6.29 Å². The molecule has 0 aliphatic heterocycles. The van der Waals surface area contributed by atoms with Crippen molar-refractivity contribution in [3.8, 4) is 5.75 Å². The minimum Gasteiger partial charge on any atom is -0.496 e. The van der Waals surface area contributed by atoms with Gasteiger partial charge in [0, 0.05) is 28.9 Å². The van der Waals surface area contributed by atoms with Crippen molar-refractivity contribution < 1.29 is 34.1 Å². The zero-order chi connectivity index (χ0) is 28.9. The van der Waals surface area contributed by atoms with E-state index in [1.165, 1.54) is 30.6 Å². The second-order valence-corrected chi connectivity index (χ2v) is 12.1. The number of carbonyl (C=O) groups excluding carboxylic acids is 2. The van der Waals surface area contributed by atoms with Gasteiger partial charge in [-0.15, -0.1) is 11.3 Å². The first-order valence-electron chi connectivity index (χ1n) is 13.6. The third-order valence-corrected chi connectivity index (χ3v) is 10.2. The SMILES string of the molecule is COc1cc(NC(=O)OCCN(C)C2CCC(C3([C@](O)(C(=O)O)c4cccs4)CCCC3)CC2)c(Cl)cc1C=O. The lowest BCUT2D eigenvalue weighted by atomic mass is 9.58. The van der Waals surface area contributed by atoms with Crippen LogP contribution in [0.3, 0.4) is 0 Å². The van der Waals surface area contributed by atoms with E-state index in [0.29, 0.717) is 23.5 Å². The number of aldehydes is 1. The average Bonchev–Trinajstić information content (AvgIpc) is 3.67. The van der Waals surface area contributed by atoms with Crippen LogP contribution >= 0.6 is 22.9 Å². The number of carboxylic acid groups (broad SMARTS) is 1. The van der Waals surface area contributed by atoms with E-state index in [4.69, 9.17) is 21.1 Å². The van der Waals surface area contributed by atoms with Crippen LogP contribution in [-0.4, -0.2) is 66.8 Å². The number of methoxy groups -OCH3 is 1. The summed E-state index contributed by atoms with van der Waals surface area (Å²) in [5, 5.41) is 26.7. The number of ether oxygens (including phenoxy) is 2. The third kappa shape index (κ3) is 5.86. The van der Waals surface area contributed by atoms with Crippen molar-refractivity contribution in [3.63, 3.8) is 0 Å². The Balaban J connectivity index is 1.31. The highest BCUT2D eigenvalue weighted by Gasteiger charge is 2.61. The fourth-order valence-electron chi connectivity index (χ4n) is 6.73. The first-order valence-corrected chi connectivity index (χ1v) is 14.9. The van der Waals surface area contributed by atoms with Crippen LogP contribution < -0.4 is 10.1 Å². The topological polar surface area (TPSA) is 125 Å². The van der Waals surface area contributed by atoms with Crippen molar-refractivity contribution in [3.05, 3.63) is 45.1 Å². The summed E-state index contributed by atoms with van der Waals surface area (Å²) in [7, 11) is 3.42. The zero-order valence-electron chi connectivity index (χ0n) is 22.9. The van der Waals surface area contributed by atoms with Crippen LogP contribution in [0.4, 0.5) is 10.5 Å². The molecule has 2 aromatic rings. The summed E-state index contributed by atoms with van der Waals surface area (Å²) in [5.74, 6) is -0.732. The maximum absolute atomic E-state index is 12.6. The van der Waals surface area contributed by atoms with Crippen LogP contribution in [0.15, 0.2) is 29.6 Å². The molecule has 3 N–H and O–H groups in total. The molecule has 0 spiro atoms. The van der Waals surface area contributed by atoms with Crippen LogP contribution in [-0.2, 0) is 15.1 Å². The Morgan fingerprint density at radius 1 is 1.25 bits per heavy atom. The van der Waals surface area contributed by atoms with Gasteiger partial charge in [0.25, 0.3) is 0 Å². The van der Waals surface area contributed by atoms with Gasteiger partial charge in [0.1, 0.15) is 12.4 Å². The second-order valence-electron chi connectivity index (χ2n) is 10.8. The van der Waals surface area contributed by atoms with Crippen LogP contribution in [0.25, 0.3) is 0 Å². The van der Waals surface area contributed by atoms with Crippen molar-refractivity contribution >= 4 is 47.0 Å². The number of halogens is 1. The minimum atomic E-state index is -1.87. The van der Waals surface area contributed by atoms with Crippen molar-refractivity contribution in [2.45, 2.75) is 63.0 Å². The fourth-order valence-corrected chi connectivity index (χ4v) is 7.87. The van der Waals surface area contributed by atoms with Crippen molar-refractivity contribution in [2.75, 3.05) is 32.6 Å². The summed E-state index contributed by atoms with van der Waals surface area (Å²) >= 11 is 7.49. The van der Waals surface area contributed by atoms with E-state index in [9.17, 15) is 24.6 Å². The molecule has 2 fully saturated rings. The van der Waals surface area contributed by atoms with Crippen molar-refractivity contribution in [2.24, 2.45) is 11.3 Å². The van der Waals surface area contributed by atoms with Gasteiger partial charge in [-0.25, -0.2) is 9.59 Å². The average molecular weight is 593 g/mol. The van der Waals surface area contributed by atoms with Gasteiger partial charge in [-0.2, -0.15) is 0 Å². The van der Waals surface area contributed by atoms with Crippen molar-refractivity contribution in [1.29, 1.82) is 0 Å². The van der Waals surface area contributed by atoms with Gasteiger partial charge >= 0.3 is 12.1 Å². The lowest BCUT2D eigenvalue weighted by Crippen LogP contribution is -2.55. The molecular formula is C29H37ClN2O7S. The molecule has 11 heteroatoms. The number of hydrogen-bond donors (Lipinski definition) is 3. The van der Waals surface area contributed by atoms with E-state index < -0.39 is 23.1 Å². The van der Waals surface area contributed by atoms with Crippen LogP contribution in [0.1, 0.15) is 66.6 Å². The number of likely N-dealkylation sites (N-methyl/N-ethyl adjacent to an activating group) is 1. The number of rotatable bonds is 11. The Bertz CT molecular complexity index is 1190. The van der Waals surface area contributed by atoms with E-state index in [1.54, 1.807) is 12.1 Å². The molecule has 1 atom stereocenters. The molecule has 0 radical (unpaired) electrons. The molecule has 2 saturated carbocycles. The highest BCUT2D eigenvalue weighted by atomic mass is 35.5. The first kappa shape index (κ1) is 30.3. The van der Waals surface area contributed by atoms with Gasteiger partial charge in [-0.3, -0.25) is 10.1 Å². The standard InChI is InChI=1S/C29H37ClN2O7S/c1-32(13-14-39-27(36)31-23-17-24(38-2)19(18-33)16-22(23)30)21-9-7-20(8-10-21)28(11-3-4-12-28)29(37,26(34)35)25-6-5-15-40-25/h5-6,15-18,20-21,37H,3-4,7-14H2,1-2H3,(H,31,36)(H,34,35)/t20?,21?,29-/m1/s1. The predicted molar refractivity (Wildman–Crippen MR) is 153 cm³/mol. The molecule has 218 valence electrons. The van der Waals surface area contributed by atoms with E-state index in [2.05, 4.69) is 10.2 Å². The second kappa shape index (κ2) is 12.9. The number of aliphatic hydroxyl groups is 1. The Morgan fingerprint density at radius 2 is 1.95 bits per heavy atom. The molecular weight excluding hydrogens is 556 g/mol. The van der Waals surface area contributed by atoms with Gasteiger partial charge in [0.05, 0.1) is 23.4 Å². The lowest BCUT2D eigenvalue weighted by molar-refractivity contribution is -0.187. The molecule has 0 unspecified atom stereocenters. The molecule has 0 saturated heterocycles. The number of hydrogen-bond acceptors (Lipinski definition) is 8. The first-order chi connectivity index (χ1) is 19.2. The summed E-state index contributed by atoms with van der Waals surface area (Å²) in [6.45, 7) is 0.702. The lowest BCUT2D eigenvalue weighted by Gasteiger charge is -2.50. The summed E-state index contributed by atoms with van der Waals surface area (Å²) in [4.78, 5) is 38.8. The molecule has 1 aromatic heterocycles. The largest absolute Gasteiger partial charge is 0.496 e. The van der Waals surface area contributed by atoms with Gasteiger partial charge in [0.2, 0.25) is 5.60 Å². The number of aliphatic carboxylic acids is 1. The summed E-state index contributed by atoms with van der Waals surface area (Å²) in [5.41, 5.74) is -1.98. The molecule has 4 rings (SSSR count). The van der Waals surface area contributed by atoms with E-state index in [1.807, 2.05) is 12.4 Å². The molecule has 40 heavy (non-hydrogen) atoms. The quantitative estimate of drug-likeness (QED) is 0.280. The Morgan fingerprint density at radius 3 is 2.52 bits per heavy atom. The molecule has 1 heterocycles. The predicted octanol–water partition coefficient (Wildman–Crippen LogP) is 5.79. The zero-order valence-corrected chi connectivity index (χ0v) is 24.4. The number of nitrogens with one attached hydrogen (secondary N) is 1. The van der Waals surface area contributed by atoms with E-state index >= 15 is 0 Å². The number of benzene rings is 1. The van der Waals surface area contributed by atoms with Gasteiger partial charge in [-0.1, -0.05) is 30.5 Å². The molecule has 9 nitrogen and oxygen atoms in total. The van der Waals surface area contributed by atoms with Crippen LogP contribution in [0, 0.1) is 11.3 Å². The highest BCUT2D eigenvalue weighted by molar-refractivity contribution is 7.10.